The highest BCUT2D eigenvalue weighted by molar-refractivity contribution is 5.92. The van der Waals surface area contributed by atoms with Gasteiger partial charge in [-0.25, -0.2) is 4.98 Å². The van der Waals surface area contributed by atoms with Crippen molar-refractivity contribution in [3.63, 3.8) is 0 Å². The van der Waals surface area contributed by atoms with E-state index in [9.17, 15) is 9.90 Å². The van der Waals surface area contributed by atoms with E-state index in [1.807, 2.05) is 45.0 Å². The van der Waals surface area contributed by atoms with Gasteiger partial charge in [-0.2, -0.15) is 0 Å². The Labute approximate surface area is 130 Å². The standard InChI is InChI=1S/C17H21N3O2/c1-4-20(17(22)15-10-18-13(3)9-19-15)11-16(21)14-7-5-12(2)6-8-14/h5-10,16,21H,4,11H2,1-3H3. The van der Waals surface area contributed by atoms with E-state index in [-0.39, 0.29) is 12.5 Å². The molecule has 0 bridgehead atoms. The van der Waals surface area contributed by atoms with Crippen LogP contribution < -0.4 is 0 Å². The fourth-order valence-corrected chi connectivity index (χ4v) is 2.12. The normalized spacial score (nSPS) is 12.0. The van der Waals surface area contributed by atoms with Crippen molar-refractivity contribution in [3.05, 3.63) is 59.2 Å². The van der Waals surface area contributed by atoms with E-state index in [4.69, 9.17) is 0 Å². The molecule has 0 fully saturated rings. The topological polar surface area (TPSA) is 66.3 Å². The van der Waals surface area contributed by atoms with Crippen LogP contribution in [0.3, 0.4) is 0 Å². The Balaban J connectivity index is 2.09. The van der Waals surface area contributed by atoms with Crippen LogP contribution in [0.4, 0.5) is 0 Å². The molecule has 0 aliphatic heterocycles. The molecule has 0 saturated heterocycles. The first-order valence-corrected chi connectivity index (χ1v) is 7.33. The second-order valence-electron chi connectivity index (χ2n) is 5.31. The van der Waals surface area contributed by atoms with Crippen LogP contribution in [0.15, 0.2) is 36.7 Å². The van der Waals surface area contributed by atoms with Crippen molar-refractivity contribution >= 4 is 5.91 Å². The van der Waals surface area contributed by atoms with Gasteiger partial charge < -0.3 is 10.0 Å². The van der Waals surface area contributed by atoms with E-state index in [0.717, 1.165) is 16.8 Å². The number of amides is 1. The second-order valence-corrected chi connectivity index (χ2v) is 5.31. The van der Waals surface area contributed by atoms with Crippen LogP contribution >= 0.6 is 0 Å². The summed E-state index contributed by atoms with van der Waals surface area (Å²) in [5.74, 6) is -0.221. The summed E-state index contributed by atoms with van der Waals surface area (Å²) in [4.78, 5) is 22.2. The molecule has 116 valence electrons. The van der Waals surface area contributed by atoms with E-state index in [1.54, 1.807) is 11.1 Å². The maximum Gasteiger partial charge on any atom is 0.274 e. The maximum atomic E-state index is 12.4. The molecule has 1 N–H and O–H groups in total. The number of carbonyl (C=O) groups is 1. The zero-order chi connectivity index (χ0) is 16.1. The number of aryl methyl sites for hydroxylation is 2. The van der Waals surface area contributed by atoms with E-state index in [1.165, 1.54) is 6.20 Å². The molecule has 5 heteroatoms. The summed E-state index contributed by atoms with van der Waals surface area (Å²) in [6.45, 7) is 6.42. The van der Waals surface area contributed by atoms with Crippen molar-refractivity contribution in [3.8, 4) is 0 Å². The number of carbonyl (C=O) groups excluding carboxylic acids is 1. The Kier molecular flexibility index (Phi) is 5.22. The average Bonchev–Trinajstić information content (AvgIpc) is 2.53. The number of likely N-dealkylation sites (N-methyl/N-ethyl adjacent to an activating group) is 1. The van der Waals surface area contributed by atoms with E-state index >= 15 is 0 Å². The van der Waals surface area contributed by atoms with Gasteiger partial charge in [0.15, 0.2) is 0 Å². The number of aliphatic hydroxyl groups is 1. The molecule has 0 aliphatic carbocycles. The molecule has 0 spiro atoms. The minimum absolute atomic E-state index is 0.221. The predicted molar refractivity (Wildman–Crippen MR) is 84.5 cm³/mol. The summed E-state index contributed by atoms with van der Waals surface area (Å²) in [7, 11) is 0. The number of hydrogen-bond acceptors (Lipinski definition) is 4. The van der Waals surface area contributed by atoms with Crippen LogP contribution in [0.2, 0.25) is 0 Å². The highest BCUT2D eigenvalue weighted by Gasteiger charge is 2.20. The van der Waals surface area contributed by atoms with E-state index in [2.05, 4.69) is 9.97 Å². The summed E-state index contributed by atoms with van der Waals surface area (Å²) in [5.41, 5.74) is 2.99. The molecule has 0 saturated carbocycles. The number of aliphatic hydroxyl groups excluding tert-OH is 1. The lowest BCUT2D eigenvalue weighted by Gasteiger charge is -2.23. The van der Waals surface area contributed by atoms with Gasteiger partial charge in [0, 0.05) is 12.7 Å². The quantitative estimate of drug-likeness (QED) is 0.920. The zero-order valence-corrected chi connectivity index (χ0v) is 13.2. The molecule has 5 nitrogen and oxygen atoms in total. The van der Waals surface area contributed by atoms with Crippen LogP contribution in [0.1, 0.15) is 40.3 Å². The van der Waals surface area contributed by atoms with Gasteiger partial charge in [-0.15, -0.1) is 0 Å². The lowest BCUT2D eigenvalue weighted by molar-refractivity contribution is 0.0629. The second kappa shape index (κ2) is 7.13. The molecule has 2 rings (SSSR count). The van der Waals surface area contributed by atoms with Gasteiger partial charge in [0.25, 0.3) is 5.91 Å². The SMILES string of the molecule is CCN(CC(O)c1ccc(C)cc1)C(=O)c1cnc(C)cn1. The number of aromatic nitrogens is 2. The van der Waals surface area contributed by atoms with Crippen molar-refractivity contribution in [1.29, 1.82) is 0 Å². The summed E-state index contributed by atoms with van der Waals surface area (Å²) < 4.78 is 0. The number of nitrogens with zero attached hydrogens (tertiary/aromatic N) is 3. The summed E-state index contributed by atoms with van der Waals surface area (Å²) >= 11 is 0. The molecule has 0 aliphatic rings. The largest absolute Gasteiger partial charge is 0.387 e. The minimum atomic E-state index is -0.720. The Morgan fingerprint density at radius 2 is 1.86 bits per heavy atom. The van der Waals surface area contributed by atoms with Crippen LogP contribution in [-0.4, -0.2) is 39.0 Å². The van der Waals surface area contributed by atoms with Crippen LogP contribution in [0.5, 0.6) is 0 Å². The highest BCUT2D eigenvalue weighted by atomic mass is 16.3. The third-order valence-corrected chi connectivity index (χ3v) is 3.52. The van der Waals surface area contributed by atoms with Crippen LogP contribution in [0.25, 0.3) is 0 Å². The average molecular weight is 299 g/mol. The number of benzene rings is 1. The van der Waals surface area contributed by atoms with Crippen molar-refractivity contribution in [1.82, 2.24) is 14.9 Å². The molecule has 1 atom stereocenters. The smallest absolute Gasteiger partial charge is 0.274 e. The van der Waals surface area contributed by atoms with Gasteiger partial charge in [0.2, 0.25) is 0 Å². The maximum absolute atomic E-state index is 12.4. The van der Waals surface area contributed by atoms with Gasteiger partial charge in [0.05, 0.1) is 24.5 Å². The van der Waals surface area contributed by atoms with Crippen molar-refractivity contribution < 1.29 is 9.90 Å². The molecule has 1 aromatic heterocycles. The Morgan fingerprint density at radius 3 is 2.41 bits per heavy atom. The molecular formula is C17H21N3O2. The summed E-state index contributed by atoms with van der Waals surface area (Å²) in [6.07, 6.45) is 2.32. The van der Waals surface area contributed by atoms with Gasteiger partial charge in [-0.1, -0.05) is 29.8 Å². The lowest BCUT2D eigenvalue weighted by Crippen LogP contribution is -2.35. The van der Waals surface area contributed by atoms with Crippen LogP contribution in [-0.2, 0) is 0 Å². The predicted octanol–water partition coefficient (Wildman–Crippen LogP) is 2.29. The fourth-order valence-electron chi connectivity index (χ4n) is 2.12. The Morgan fingerprint density at radius 1 is 1.18 bits per heavy atom. The summed E-state index contributed by atoms with van der Waals surface area (Å²) in [5, 5.41) is 10.3. The third-order valence-electron chi connectivity index (χ3n) is 3.52. The van der Waals surface area contributed by atoms with Crippen LogP contribution in [0, 0.1) is 13.8 Å². The Hall–Kier alpha value is -2.27. The Bertz CT molecular complexity index is 623. The highest BCUT2D eigenvalue weighted by Crippen LogP contribution is 2.16. The third kappa shape index (κ3) is 3.89. The number of rotatable bonds is 5. The van der Waals surface area contributed by atoms with Gasteiger partial charge in [0.1, 0.15) is 5.69 Å². The van der Waals surface area contributed by atoms with E-state index in [0.29, 0.717) is 12.2 Å². The minimum Gasteiger partial charge on any atom is -0.387 e. The molecule has 2 aromatic rings. The molecule has 22 heavy (non-hydrogen) atoms. The monoisotopic (exact) mass is 299 g/mol. The first-order valence-electron chi connectivity index (χ1n) is 7.33. The number of hydrogen-bond donors (Lipinski definition) is 1. The molecule has 0 radical (unpaired) electrons. The first-order chi connectivity index (χ1) is 10.5. The zero-order valence-electron chi connectivity index (χ0n) is 13.2. The first kappa shape index (κ1) is 16.1. The molecule has 1 aromatic carbocycles. The summed E-state index contributed by atoms with van der Waals surface area (Å²) in [6, 6.07) is 7.65. The fraction of sp³-hybridized carbons (Fsp3) is 0.353. The van der Waals surface area contributed by atoms with Crippen molar-refractivity contribution in [2.45, 2.75) is 26.9 Å². The van der Waals surface area contributed by atoms with Crippen molar-refractivity contribution in [2.24, 2.45) is 0 Å². The van der Waals surface area contributed by atoms with E-state index < -0.39 is 6.10 Å². The van der Waals surface area contributed by atoms with Crippen molar-refractivity contribution in [2.75, 3.05) is 13.1 Å². The van der Waals surface area contributed by atoms with Gasteiger partial charge in [-0.3, -0.25) is 9.78 Å². The lowest BCUT2D eigenvalue weighted by atomic mass is 10.1. The molecule has 1 amide bonds. The molecule has 1 heterocycles. The van der Waals surface area contributed by atoms with Gasteiger partial charge in [-0.05, 0) is 26.3 Å². The van der Waals surface area contributed by atoms with Gasteiger partial charge >= 0.3 is 0 Å². The molecular weight excluding hydrogens is 278 g/mol. The molecule has 1 unspecified atom stereocenters.